The zero-order valence-corrected chi connectivity index (χ0v) is 9.47. The van der Waals surface area contributed by atoms with Gasteiger partial charge in [0.15, 0.2) is 5.13 Å². The number of thiazole rings is 1. The van der Waals surface area contributed by atoms with Crippen LogP contribution in [0.3, 0.4) is 0 Å². The Morgan fingerprint density at radius 2 is 2.21 bits per heavy atom. The van der Waals surface area contributed by atoms with Gasteiger partial charge in [0.1, 0.15) is 0 Å². The van der Waals surface area contributed by atoms with Gasteiger partial charge in [-0.15, -0.1) is 0 Å². The van der Waals surface area contributed by atoms with Gasteiger partial charge in [-0.25, -0.2) is 0 Å². The molecule has 0 aromatic carbocycles. The van der Waals surface area contributed by atoms with Crippen LogP contribution in [0.2, 0.25) is 0 Å². The molecule has 0 amide bonds. The molecular weight excluding hydrogens is 198 g/mol. The standard InChI is InChI=1S/C9H15N3OS/c1-12(2)9-11-8(13-3)7(14-9)5-4-6(5)10/h5-6H,4,10H2,1-3H3. The van der Waals surface area contributed by atoms with Crippen LogP contribution >= 0.6 is 11.3 Å². The quantitative estimate of drug-likeness (QED) is 0.815. The fraction of sp³-hybridized carbons (Fsp3) is 0.667. The van der Waals surface area contributed by atoms with Gasteiger partial charge in [-0.2, -0.15) is 4.98 Å². The lowest BCUT2D eigenvalue weighted by Crippen LogP contribution is -2.07. The molecule has 1 aliphatic carbocycles. The van der Waals surface area contributed by atoms with Crippen molar-refractivity contribution >= 4 is 16.5 Å². The number of rotatable bonds is 3. The van der Waals surface area contributed by atoms with Gasteiger partial charge in [0.25, 0.3) is 0 Å². The Hall–Kier alpha value is -0.810. The van der Waals surface area contributed by atoms with Crippen LogP contribution in [-0.2, 0) is 0 Å². The first kappa shape index (κ1) is 9.73. The molecule has 0 radical (unpaired) electrons. The summed E-state index contributed by atoms with van der Waals surface area (Å²) >= 11 is 1.68. The Bertz CT molecular complexity index is 337. The van der Waals surface area contributed by atoms with Gasteiger partial charge < -0.3 is 15.4 Å². The van der Waals surface area contributed by atoms with Crippen molar-refractivity contribution in [2.75, 3.05) is 26.1 Å². The van der Waals surface area contributed by atoms with Crippen molar-refractivity contribution in [1.29, 1.82) is 0 Å². The molecule has 0 spiro atoms. The van der Waals surface area contributed by atoms with Crippen molar-refractivity contribution in [2.45, 2.75) is 18.4 Å². The Labute approximate surface area is 87.7 Å². The van der Waals surface area contributed by atoms with Crippen molar-refractivity contribution in [3.63, 3.8) is 0 Å². The van der Waals surface area contributed by atoms with Crippen LogP contribution < -0.4 is 15.4 Å². The average Bonchev–Trinajstić information content (AvgIpc) is 2.72. The second-order valence-electron chi connectivity index (χ2n) is 3.77. The van der Waals surface area contributed by atoms with Gasteiger partial charge in [0.05, 0.1) is 12.0 Å². The summed E-state index contributed by atoms with van der Waals surface area (Å²) in [5.41, 5.74) is 5.82. The van der Waals surface area contributed by atoms with E-state index in [-0.39, 0.29) is 0 Å². The molecule has 1 fully saturated rings. The molecule has 2 atom stereocenters. The van der Waals surface area contributed by atoms with Crippen LogP contribution in [-0.4, -0.2) is 32.2 Å². The summed E-state index contributed by atoms with van der Waals surface area (Å²) in [6.07, 6.45) is 1.06. The van der Waals surface area contributed by atoms with E-state index in [0.29, 0.717) is 12.0 Å². The molecule has 1 heterocycles. The van der Waals surface area contributed by atoms with Gasteiger partial charge in [0, 0.05) is 26.1 Å². The summed E-state index contributed by atoms with van der Waals surface area (Å²) in [4.78, 5) is 7.58. The van der Waals surface area contributed by atoms with Crippen LogP contribution in [0, 0.1) is 0 Å². The van der Waals surface area contributed by atoms with Crippen molar-refractivity contribution in [3.05, 3.63) is 4.88 Å². The Balaban J connectivity index is 2.29. The molecule has 4 nitrogen and oxygen atoms in total. The molecule has 78 valence electrons. The maximum atomic E-state index is 5.82. The summed E-state index contributed by atoms with van der Waals surface area (Å²) < 4.78 is 5.24. The van der Waals surface area contributed by atoms with Crippen LogP contribution in [0.1, 0.15) is 17.2 Å². The Morgan fingerprint density at radius 1 is 1.57 bits per heavy atom. The molecule has 1 saturated carbocycles. The lowest BCUT2D eigenvalue weighted by Gasteiger charge is -2.04. The van der Waals surface area contributed by atoms with E-state index in [1.165, 1.54) is 4.88 Å². The fourth-order valence-corrected chi connectivity index (χ4v) is 2.54. The third kappa shape index (κ3) is 1.57. The van der Waals surface area contributed by atoms with E-state index < -0.39 is 0 Å². The molecule has 1 aromatic rings. The van der Waals surface area contributed by atoms with E-state index in [1.54, 1.807) is 18.4 Å². The summed E-state index contributed by atoms with van der Waals surface area (Å²) in [6.45, 7) is 0. The minimum atomic E-state index is 0.305. The van der Waals surface area contributed by atoms with Crippen LogP contribution in [0.5, 0.6) is 5.88 Å². The van der Waals surface area contributed by atoms with E-state index >= 15 is 0 Å². The summed E-state index contributed by atoms with van der Waals surface area (Å²) in [5, 5.41) is 0.982. The van der Waals surface area contributed by atoms with Gasteiger partial charge >= 0.3 is 0 Å². The number of nitrogens with two attached hydrogens (primary N) is 1. The lowest BCUT2D eigenvalue weighted by molar-refractivity contribution is 0.396. The SMILES string of the molecule is COc1nc(N(C)C)sc1C1CC1N. The Morgan fingerprint density at radius 3 is 2.64 bits per heavy atom. The molecule has 14 heavy (non-hydrogen) atoms. The highest BCUT2D eigenvalue weighted by atomic mass is 32.1. The van der Waals surface area contributed by atoms with Gasteiger partial charge in [-0.1, -0.05) is 11.3 Å². The number of ether oxygens (including phenoxy) is 1. The normalized spacial score (nSPS) is 24.9. The highest BCUT2D eigenvalue weighted by Gasteiger charge is 2.39. The van der Waals surface area contributed by atoms with Crippen LogP contribution in [0.15, 0.2) is 0 Å². The molecule has 1 aliphatic rings. The highest BCUT2D eigenvalue weighted by molar-refractivity contribution is 7.16. The number of hydrogen-bond acceptors (Lipinski definition) is 5. The zero-order valence-electron chi connectivity index (χ0n) is 8.65. The van der Waals surface area contributed by atoms with E-state index in [4.69, 9.17) is 10.5 Å². The Kier molecular flexibility index (Phi) is 2.36. The monoisotopic (exact) mass is 213 g/mol. The first-order valence-corrected chi connectivity index (χ1v) is 5.42. The van der Waals surface area contributed by atoms with Crippen molar-refractivity contribution in [1.82, 2.24) is 4.98 Å². The van der Waals surface area contributed by atoms with Gasteiger partial charge in [-0.05, 0) is 6.42 Å². The van der Waals surface area contributed by atoms with Gasteiger partial charge in [-0.3, -0.25) is 0 Å². The molecule has 0 bridgehead atoms. The lowest BCUT2D eigenvalue weighted by atomic mass is 10.3. The first-order chi connectivity index (χ1) is 6.63. The van der Waals surface area contributed by atoms with Crippen molar-refractivity contribution < 1.29 is 4.74 Å². The largest absolute Gasteiger partial charge is 0.480 e. The van der Waals surface area contributed by atoms with Crippen molar-refractivity contribution in [2.24, 2.45) is 5.73 Å². The predicted molar refractivity (Wildman–Crippen MR) is 58.3 cm³/mol. The van der Waals surface area contributed by atoms with E-state index in [9.17, 15) is 0 Å². The molecule has 2 rings (SSSR count). The minimum Gasteiger partial charge on any atom is -0.480 e. The number of hydrogen-bond donors (Lipinski definition) is 1. The molecule has 0 saturated heterocycles. The second kappa shape index (κ2) is 3.40. The zero-order chi connectivity index (χ0) is 10.3. The molecule has 0 aliphatic heterocycles. The minimum absolute atomic E-state index is 0.305. The maximum Gasteiger partial charge on any atom is 0.229 e. The molecule has 5 heteroatoms. The maximum absolute atomic E-state index is 5.82. The van der Waals surface area contributed by atoms with E-state index in [2.05, 4.69) is 4.98 Å². The van der Waals surface area contributed by atoms with Crippen LogP contribution in [0.4, 0.5) is 5.13 Å². The van der Waals surface area contributed by atoms with E-state index in [1.807, 2.05) is 19.0 Å². The smallest absolute Gasteiger partial charge is 0.229 e. The number of methoxy groups -OCH3 is 1. The predicted octanol–water partition coefficient (Wildman–Crippen LogP) is 1.03. The topological polar surface area (TPSA) is 51.4 Å². The van der Waals surface area contributed by atoms with Crippen LogP contribution in [0.25, 0.3) is 0 Å². The summed E-state index contributed by atoms with van der Waals surface area (Å²) in [6, 6.07) is 0.305. The molecule has 2 N–H and O–H groups in total. The second-order valence-corrected chi connectivity index (χ2v) is 4.78. The number of nitrogens with zero attached hydrogens (tertiary/aromatic N) is 2. The summed E-state index contributed by atoms with van der Waals surface area (Å²) in [5.74, 6) is 1.22. The average molecular weight is 213 g/mol. The highest BCUT2D eigenvalue weighted by Crippen LogP contribution is 2.47. The number of aromatic nitrogens is 1. The van der Waals surface area contributed by atoms with E-state index in [0.717, 1.165) is 17.4 Å². The summed E-state index contributed by atoms with van der Waals surface area (Å²) in [7, 11) is 5.62. The number of anilines is 1. The fourth-order valence-electron chi connectivity index (χ4n) is 1.39. The molecule has 1 aromatic heterocycles. The third-order valence-corrected chi connectivity index (χ3v) is 3.70. The molecular formula is C9H15N3OS. The van der Waals surface area contributed by atoms with Gasteiger partial charge in [0.2, 0.25) is 5.88 Å². The first-order valence-electron chi connectivity index (χ1n) is 4.61. The molecule has 2 unspecified atom stereocenters. The third-order valence-electron chi connectivity index (χ3n) is 2.36. The van der Waals surface area contributed by atoms with Crippen molar-refractivity contribution in [3.8, 4) is 5.88 Å².